The molecule has 0 spiro atoms. The molecule has 2 aromatic heterocycles. The van der Waals surface area contributed by atoms with E-state index in [0.29, 0.717) is 40.8 Å². The summed E-state index contributed by atoms with van der Waals surface area (Å²) in [6, 6.07) is 12.4. The summed E-state index contributed by atoms with van der Waals surface area (Å²) in [7, 11) is 1.61. The summed E-state index contributed by atoms with van der Waals surface area (Å²) in [5.41, 5.74) is 5.10. The maximum atomic E-state index is 12.7. The topological polar surface area (TPSA) is 93.9 Å². The summed E-state index contributed by atoms with van der Waals surface area (Å²) in [4.78, 5) is 32.8. The Labute approximate surface area is 170 Å². The van der Waals surface area contributed by atoms with Crippen LogP contribution in [0.2, 0.25) is 0 Å². The molecule has 1 amide bonds. The third-order valence-corrected chi connectivity index (χ3v) is 4.97. The number of carbonyl (C=O) groups excluding carboxylic acids is 1. The molecule has 8 nitrogen and oxygen atoms in total. The minimum atomic E-state index is -0.321. The summed E-state index contributed by atoms with van der Waals surface area (Å²) in [6.45, 7) is 1.01. The standard InChI is InChI=1S/C20H19N5O3S/c1-28-10-4-9-24-19(27)14-8-7-13(11-16(14)22-20(24)29)18(26)23-25-12-21-15-5-2-3-6-17(15)25/h2-3,5-8,11-12H,4,9-10H2,1H3,(H,22,29)(H,23,26). The zero-order chi connectivity index (χ0) is 20.4. The third-order valence-electron chi connectivity index (χ3n) is 4.65. The third kappa shape index (κ3) is 3.69. The van der Waals surface area contributed by atoms with Crippen molar-refractivity contribution in [2.24, 2.45) is 0 Å². The van der Waals surface area contributed by atoms with Gasteiger partial charge >= 0.3 is 0 Å². The van der Waals surface area contributed by atoms with Gasteiger partial charge in [0.2, 0.25) is 0 Å². The van der Waals surface area contributed by atoms with E-state index in [4.69, 9.17) is 17.0 Å². The fourth-order valence-electron chi connectivity index (χ4n) is 3.19. The molecule has 4 rings (SSSR count). The summed E-state index contributed by atoms with van der Waals surface area (Å²) in [6.07, 6.45) is 2.23. The van der Waals surface area contributed by atoms with Crippen molar-refractivity contribution in [3.63, 3.8) is 0 Å². The number of carbonyl (C=O) groups is 1. The maximum absolute atomic E-state index is 12.7. The number of para-hydroxylation sites is 2. The van der Waals surface area contributed by atoms with Crippen molar-refractivity contribution < 1.29 is 9.53 Å². The number of benzene rings is 2. The van der Waals surface area contributed by atoms with E-state index in [1.165, 1.54) is 4.57 Å². The van der Waals surface area contributed by atoms with Crippen LogP contribution in [-0.2, 0) is 11.3 Å². The summed E-state index contributed by atoms with van der Waals surface area (Å²) >= 11 is 5.33. The number of amides is 1. The second kappa shape index (κ2) is 7.98. The van der Waals surface area contributed by atoms with Crippen molar-refractivity contribution in [3.8, 4) is 0 Å². The maximum Gasteiger partial charge on any atom is 0.270 e. The van der Waals surface area contributed by atoms with Crippen LogP contribution in [0.15, 0.2) is 53.6 Å². The highest BCUT2D eigenvalue weighted by atomic mass is 32.1. The molecule has 0 radical (unpaired) electrons. The number of aromatic nitrogens is 4. The number of methoxy groups -OCH3 is 1. The molecule has 0 aliphatic heterocycles. The van der Waals surface area contributed by atoms with Crippen LogP contribution < -0.4 is 11.0 Å². The Bertz CT molecular complexity index is 1320. The fourth-order valence-corrected chi connectivity index (χ4v) is 3.47. The van der Waals surface area contributed by atoms with Crippen LogP contribution in [0.5, 0.6) is 0 Å². The number of imidazole rings is 1. The first-order valence-electron chi connectivity index (χ1n) is 9.08. The van der Waals surface area contributed by atoms with Gasteiger partial charge in [-0.2, -0.15) is 0 Å². The molecule has 9 heteroatoms. The Hall–Kier alpha value is -3.30. The van der Waals surface area contributed by atoms with Crippen molar-refractivity contribution in [2.45, 2.75) is 13.0 Å². The van der Waals surface area contributed by atoms with E-state index < -0.39 is 0 Å². The van der Waals surface area contributed by atoms with Crippen LogP contribution in [0.3, 0.4) is 0 Å². The minimum absolute atomic E-state index is 0.188. The van der Waals surface area contributed by atoms with E-state index in [-0.39, 0.29) is 11.5 Å². The number of rotatable bonds is 6. The summed E-state index contributed by atoms with van der Waals surface area (Å²) in [5.74, 6) is -0.321. The van der Waals surface area contributed by atoms with E-state index in [9.17, 15) is 9.59 Å². The SMILES string of the molecule is COCCCn1c(=S)[nH]c2cc(C(=O)Nn3cnc4ccccc43)ccc2c1=O. The number of nitrogens with zero attached hydrogens (tertiary/aromatic N) is 3. The second-order valence-electron chi connectivity index (χ2n) is 6.54. The molecule has 2 aromatic carbocycles. The normalized spacial score (nSPS) is 11.2. The van der Waals surface area contributed by atoms with Crippen LogP contribution in [0.4, 0.5) is 0 Å². The van der Waals surface area contributed by atoms with Gasteiger partial charge in [-0.1, -0.05) is 12.1 Å². The first-order valence-corrected chi connectivity index (χ1v) is 9.48. The number of nitrogens with one attached hydrogen (secondary N) is 2. The molecule has 0 aliphatic carbocycles. The van der Waals surface area contributed by atoms with Crippen LogP contribution in [0.1, 0.15) is 16.8 Å². The largest absolute Gasteiger partial charge is 0.385 e. The van der Waals surface area contributed by atoms with Gasteiger partial charge in [0.1, 0.15) is 6.33 Å². The van der Waals surface area contributed by atoms with Crippen LogP contribution in [0, 0.1) is 4.77 Å². The molecule has 0 fully saturated rings. The lowest BCUT2D eigenvalue weighted by Gasteiger charge is -2.10. The van der Waals surface area contributed by atoms with Crippen molar-refractivity contribution >= 4 is 40.1 Å². The van der Waals surface area contributed by atoms with Crippen molar-refractivity contribution in [1.82, 2.24) is 19.2 Å². The van der Waals surface area contributed by atoms with Gasteiger partial charge in [-0.15, -0.1) is 0 Å². The Morgan fingerprint density at radius 3 is 2.93 bits per heavy atom. The number of hydrogen-bond donors (Lipinski definition) is 2. The Kier molecular flexibility index (Phi) is 5.24. The van der Waals surface area contributed by atoms with Crippen molar-refractivity contribution in [3.05, 3.63) is 69.5 Å². The molecular weight excluding hydrogens is 390 g/mol. The molecule has 29 heavy (non-hydrogen) atoms. The lowest BCUT2D eigenvalue weighted by molar-refractivity contribution is 0.101. The Morgan fingerprint density at radius 1 is 1.28 bits per heavy atom. The highest BCUT2D eigenvalue weighted by molar-refractivity contribution is 7.71. The summed E-state index contributed by atoms with van der Waals surface area (Å²) < 4.78 is 8.42. The molecule has 0 aliphatic rings. The number of ether oxygens (including phenoxy) is 1. The molecule has 2 heterocycles. The summed E-state index contributed by atoms with van der Waals surface area (Å²) in [5, 5.41) is 0.473. The van der Waals surface area contributed by atoms with Gasteiger partial charge in [0, 0.05) is 25.8 Å². The molecular formula is C20H19N5O3S. The highest BCUT2D eigenvalue weighted by Gasteiger charge is 2.12. The molecule has 2 N–H and O–H groups in total. The molecule has 148 valence electrons. The van der Waals surface area contributed by atoms with Gasteiger partial charge in [-0.3, -0.25) is 19.6 Å². The Balaban J connectivity index is 1.65. The van der Waals surface area contributed by atoms with Crippen molar-refractivity contribution in [1.29, 1.82) is 0 Å². The van der Waals surface area contributed by atoms with E-state index in [1.54, 1.807) is 36.3 Å². The van der Waals surface area contributed by atoms with E-state index in [1.807, 2.05) is 24.3 Å². The Morgan fingerprint density at radius 2 is 2.10 bits per heavy atom. The lowest BCUT2D eigenvalue weighted by atomic mass is 10.1. The van der Waals surface area contributed by atoms with E-state index >= 15 is 0 Å². The number of aromatic amines is 1. The van der Waals surface area contributed by atoms with Crippen molar-refractivity contribution in [2.75, 3.05) is 19.1 Å². The fraction of sp³-hybridized carbons (Fsp3) is 0.200. The van der Waals surface area contributed by atoms with E-state index in [2.05, 4.69) is 15.4 Å². The lowest BCUT2D eigenvalue weighted by Crippen LogP contribution is -2.24. The monoisotopic (exact) mass is 409 g/mol. The van der Waals surface area contributed by atoms with Gasteiger partial charge in [-0.25, -0.2) is 9.66 Å². The highest BCUT2D eigenvalue weighted by Crippen LogP contribution is 2.13. The zero-order valence-corrected chi connectivity index (χ0v) is 16.5. The molecule has 4 aromatic rings. The first kappa shape index (κ1) is 19.0. The predicted molar refractivity (Wildman–Crippen MR) is 113 cm³/mol. The minimum Gasteiger partial charge on any atom is -0.385 e. The average molecular weight is 409 g/mol. The predicted octanol–water partition coefficient (Wildman–Crippen LogP) is 2.83. The van der Waals surface area contributed by atoms with E-state index in [0.717, 1.165) is 11.0 Å². The second-order valence-corrected chi connectivity index (χ2v) is 6.92. The van der Waals surface area contributed by atoms with Gasteiger partial charge in [0.05, 0.1) is 21.9 Å². The number of hydrogen-bond acceptors (Lipinski definition) is 5. The molecule has 0 bridgehead atoms. The smallest absolute Gasteiger partial charge is 0.270 e. The van der Waals surface area contributed by atoms with Gasteiger partial charge < -0.3 is 9.72 Å². The van der Waals surface area contributed by atoms with Crippen LogP contribution >= 0.6 is 12.2 Å². The molecule has 0 saturated heterocycles. The van der Waals surface area contributed by atoms with Gasteiger partial charge in [-0.05, 0) is 49.0 Å². The number of fused-ring (bicyclic) bond motifs is 2. The number of H-pyrrole nitrogens is 1. The van der Waals surface area contributed by atoms with Crippen LogP contribution in [-0.4, -0.2) is 38.8 Å². The molecule has 0 saturated carbocycles. The first-order chi connectivity index (χ1) is 14.1. The quantitative estimate of drug-likeness (QED) is 0.377. The van der Waals surface area contributed by atoms with Gasteiger partial charge in [0.15, 0.2) is 4.77 Å². The average Bonchev–Trinajstić information content (AvgIpc) is 3.13. The van der Waals surface area contributed by atoms with Gasteiger partial charge in [0.25, 0.3) is 11.5 Å². The molecule has 0 unspecified atom stereocenters. The van der Waals surface area contributed by atoms with Crippen LogP contribution in [0.25, 0.3) is 21.9 Å². The molecule has 0 atom stereocenters. The zero-order valence-electron chi connectivity index (χ0n) is 15.7.